The molecule has 1 aromatic heterocycles. The predicted molar refractivity (Wildman–Crippen MR) is 109 cm³/mol. The van der Waals surface area contributed by atoms with Crippen LogP contribution in [0.1, 0.15) is 73.5 Å². The molecule has 146 valence electrons. The second-order valence-corrected chi connectivity index (χ2v) is 8.70. The van der Waals surface area contributed by atoms with E-state index in [0.29, 0.717) is 0 Å². The fourth-order valence-electron chi connectivity index (χ4n) is 4.76. The highest BCUT2D eigenvalue weighted by Gasteiger charge is 2.34. The molecule has 0 unspecified atom stereocenters. The van der Waals surface area contributed by atoms with Gasteiger partial charge in [0.25, 0.3) is 0 Å². The van der Waals surface area contributed by atoms with Crippen LogP contribution < -0.4 is 0 Å². The van der Waals surface area contributed by atoms with E-state index in [-0.39, 0.29) is 11.6 Å². The Balaban J connectivity index is 1.53. The van der Waals surface area contributed by atoms with Crippen LogP contribution in [0, 0.1) is 6.92 Å². The summed E-state index contributed by atoms with van der Waals surface area (Å²) in [6.45, 7) is 7.60. The van der Waals surface area contributed by atoms with Gasteiger partial charge < -0.3 is 14.6 Å². The van der Waals surface area contributed by atoms with Crippen LogP contribution in [0.4, 0.5) is 0 Å². The van der Waals surface area contributed by atoms with E-state index in [1.54, 1.807) is 0 Å². The molecule has 1 aliphatic heterocycles. The molecular weight excluding hydrogens is 336 g/mol. The summed E-state index contributed by atoms with van der Waals surface area (Å²) >= 11 is 0. The largest absolute Gasteiger partial charge is 0.456 e. The third kappa shape index (κ3) is 4.06. The first-order valence-corrected chi connectivity index (χ1v) is 10.6. The number of carbonyl (C=O) groups excluding carboxylic acids is 1. The smallest absolute Gasteiger partial charge is 0.341 e. The number of aryl methyl sites for hydroxylation is 1. The Morgan fingerprint density at radius 1 is 1.15 bits per heavy atom. The summed E-state index contributed by atoms with van der Waals surface area (Å²) in [4.78, 5) is 18.9. The van der Waals surface area contributed by atoms with Gasteiger partial charge in [-0.2, -0.15) is 0 Å². The van der Waals surface area contributed by atoms with Gasteiger partial charge in [-0.1, -0.05) is 12.5 Å². The Labute approximate surface area is 162 Å². The first-order chi connectivity index (χ1) is 13.0. The Kier molecular flexibility index (Phi) is 5.27. The number of hydrogen-bond donors (Lipinski definition) is 1. The summed E-state index contributed by atoms with van der Waals surface area (Å²) in [6.07, 6.45) is 9.30. The SMILES string of the molecule is Cc1[nH]c2ccc(CCN3CCCCC3)cc2c1C(=O)OC1(C)CCCC1. The second-order valence-electron chi connectivity index (χ2n) is 8.70. The summed E-state index contributed by atoms with van der Waals surface area (Å²) in [5.74, 6) is -0.170. The van der Waals surface area contributed by atoms with Gasteiger partial charge in [0.15, 0.2) is 0 Å². The van der Waals surface area contributed by atoms with Crippen LogP contribution in [-0.4, -0.2) is 41.1 Å². The minimum atomic E-state index is -0.293. The predicted octanol–water partition coefficient (Wildman–Crippen LogP) is 4.99. The Bertz CT molecular complexity index is 811. The van der Waals surface area contributed by atoms with Gasteiger partial charge in [-0.15, -0.1) is 0 Å². The van der Waals surface area contributed by atoms with Gasteiger partial charge >= 0.3 is 5.97 Å². The molecule has 27 heavy (non-hydrogen) atoms. The molecule has 2 heterocycles. The van der Waals surface area contributed by atoms with Gasteiger partial charge in [-0.25, -0.2) is 4.79 Å². The Hall–Kier alpha value is -1.81. The van der Waals surface area contributed by atoms with E-state index in [9.17, 15) is 4.79 Å². The van der Waals surface area contributed by atoms with E-state index in [2.05, 4.69) is 35.0 Å². The zero-order chi connectivity index (χ0) is 18.9. The maximum absolute atomic E-state index is 13.0. The number of ether oxygens (including phenoxy) is 1. The molecule has 0 spiro atoms. The minimum absolute atomic E-state index is 0.170. The maximum Gasteiger partial charge on any atom is 0.341 e. The molecule has 4 heteroatoms. The molecule has 2 aliphatic rings. The molecule has 0 bridgehead atoms. The quantitative estimate of drug-likeness (QED) is 0.756. The number of likely N-dealkylation sites (tertiary alicyclic amines) is 1. The third-order valence-corrected chi connectivity index (χ3v) is 6.42. The van der Waals surface area contributed by atoms with E-state index in [1.165, 1.54) is 37.9 Å². The monoisotopic (exact) mass is 368 g/mol. The fraction of sp³-hybridized carbons (Fsp3) is 0.609. The molecular formula is C23H32N2O2. The van der Waals surface area contributed by atoms with Crippen LogP contribution in [0.2, 0.25) is 0 Å². The average Bonchev–Trinajstić information content (AvgIpc) is 3.22. The van der Waals surface area contributed by atoms with Crippen molar-refractivity contribution in [3.8, 4) is 0 Å². The van der Waals surface area contributed by atoms with Crippen molar-refractivity contribution in [1.29, 1.82) is 0 Å². The van der Waals surface area contributed by atoms with Crippen molar-refractivity contribution in [3.05, 3.63) is 35.0 Å². The highest BCUT2D eigenvalue weighted by molar-refractivity contribution is 6.05. The topological polar surface area (TPSA) is 45.3 Å². The molecule has 4 nitrogen and oxygen atoms in total. The first-order valence-electron chi connectivity index (χ1n) is 10.6. The highest BCUT2D eigenvalue weighted by atomic mass is 16.6. The van der Waals surface area contributed by atoms with Crippen molar-refractivity contribution in [2.24, 2.45) is 0 Å². The van der Waals surface area contributed by atoms with Crippen LogP contribution in [0.5, 0.6) is 0 Å². The molecule has 2 fully saturated rings. The van der Waals surface area contributed by atoms with Gasteiger partial charge in [-0.3, -0.25) is 0 Å². The number of piperidine rings is 1. The lowest BCUT2D eigenvalue weighted by atomic mass is 10.0. The number of H-pyrrole nitrogens is 1. The lowest BCUT2D eigenvalue weighted by Gasteiger charge is -2.26. The number of nitrogens with zero attached hydrogens (tertiary/aromatic N) is 1. The number of carbonyl (C=O) groups is 1. The van der Waals surface area contributed by atoms with E-state index in [4.69, 9.17) is 4.74 Å². The highest BCUT2D eigenvalue weighted by Crippen LogP contribution is 2.34. The number of aromatic amines is 1. The summed E-state index contributed by atoms with van der Waals surface area (Å²) < 4.78 is 5.96. The molecule has 0 atom stereocenters. The normalized spacial score (nSPS) is 20.2. The van der Waals surface area contributed by atoms with E-state index >= 15 is 0 Å². The van der Waals surface area contributed by atoms with Crippen LogP contribution in [0.25, 0.3) is 10.9 Å². The van der Waals surface area contributed by atoms with Crippen LogP contribution >= 0.6 is 0 Å². The number of benzene rings is 1. The van der Waals surface area contributed by atoms with E-state index in [0.717, 1.165) is 60.8 Å². The van der Waals surface area contributed by atoms with Crippen LogP contribution in [0.3, 0.4) is 0 Å². The van der Waals surface area contributed by atoms with Crippen molar-refractivity contribution < 1.29 is 9.53 Å². The van der Waals surface area contributed by atoms with Crippen LogP contribution in [0.15, 0.2) is 18.2 Å². The molecule has 1 saturated carbocycles. The minimum Gasteiger partial charge on any atom is -0.456 e. The van der Waals surface area contributed by atoms with Crippen LogP contribution in [-0.2, 0) is 11.2 Å². The summed E-state index contributed by atoms with van der Waals surface area (Å²) in [6, 6.07) is 6.49. The zero-order valence-electron chi connectivity index (χ0n) is 16.8. The lowest BCUT2D eigenvalue weighted by molar-refractivity contribution is -0.00593. The number of fused-ring (bicyclic) bond motifs is 1. The van der Waals surface area contributed by atoms with Crippen molar-refractivity contribution in [2.75, 3.05) is 19.6 Å². The van der Waals surface area contributed by atoms with Gasteiger partial charge in [0.1, 0.15) is 5.60 Å². The number of hydrogen-bond acceptors (Lipinski definition) is 3. The Morgan fingerprint density at radius 3 is 2.63 bits per heavy atom. The van der Waals surface area contributed by atoms with Gasteiger partial charge in [-0.05, 0) is 89.6 Å². The molecule has 0 amide bonds. The first kappa shape index (κ1) is 18.5. The number of esters is 1. The standard InChI is InChI=1S/C23H32N2O2/c1-17-21(22(26)27-23(2)11-4-5-12-23)19-16-18(8-9-20(19)24-17)10-15-25-13-6-3-7-14-25/h8-9,16,24H,3-7,10-15H2,1-2H3. The summed E-state index contributed by atoms with van der Waals surface area (Å²) in [7, 11) is 0. The molecule has 1 aromatic carbocycles. The Morgan fingerprint density at radius 2 is 1.89 bits per heavy atom. The summed E-state index contributed by atoms with van der Waals surface area (Å²) in [5, 5.41) is 1.01. The van der Waals surface area contributed by atoms with Crippen molar-refractivity contribution in [1.82, 2.24) is 9.88 Å². The van der Waals surface area contributed by atoms with E-state index in [1.807, 2.05) is 6.92 Å². The number of aromatic nitrogens is 1. The second kappa shape index (κ2) is 7.67. The van der Waals surface area contributed by atoms with Gasteiger partial charge in [0.05, 0.1) is 5.56 Å². The molecule has 1 aliphatic carbocycles. The zero-order valence-corrected chi connectivity index (χ0v) is 16.8. The molecule has 4 rings (SSSR count). The van der Waals surface area contributed by atoms with Gasteiger partial charge in [0, 0.05) is 23.1 Å². The summed E-state index contributed by atoms with van der Waals surface area (Å²) in [5.41, 5.74) is 3.66. The van der Waals surface area contributed by atoms with Crippen molar-refractivity contribution in [2.45, 2.75) is 70.8 Å². The fourth-order valence-corrected chi connectivity index (χ4v) is 4.76. The van der Waals surface area contributed by atoms with Gasteiger partial charge in [0.2, 0.25) is 0 Å². The molecule has 1 N–H and O–H groups in total. The molecule has 0 radical (unpaired) electrons. The number of rotatable bonds is 5. The molecule has 2 aromatic rings. The van der Waals surface area contributed by atoms with E-state index < -0.39 is 0 Å². The number of nitrogens with one attached hydrogen (secondary N) is 1. The molecule has 1 saturated heterocycles. The average molecular weight is 369 g/mol. The van der Waals surface area contributed by atoms with Crippen molar-refractivity contribution >= 4 is 16.9 Å². The third-order valence-electron chi connectivity index (χ3n) is 6.42. The van der Waals surface area contributed by atoms with Crippen molar-refractivity contribution in [3.63, 3.8) is 0 Å². The lowest BCUT2D eigenvalue weighted by Crippen LogP contribution is -2.31. The maximum atomic E-state index is 13.0.